The number of ether oxygens (including phenoxy) is 4. The maximum absolute atomic E-state index is 14.0. The lowest BCUT2D eigenvalue weighted by Gasteiger charge is -2.31. The second-order valence-electron chi connectivity index (χ2n) is 16.4. The predicted octanol–water partition coefficient (Wildman–Crippen LogP) is 5.86. The Hall–Kier alpha value is -6.41. The van der Waals surface area contributed by atoms with Gasteiger partial charge in [-0.1, -0.05) is 84.9 Å². The number of nitrogens with one attached hydrogen (secondary N) is 2. The molecule has 0 radical (unpaired) electrons. The minimum Gasteiger partial charge on any atom is -0.460 e. The molecule has 0 saturated carbocycles. The second kappa shape index (κ2) is 20.0. The second-order valence-corrected chi connectivity index (χ2v) is 16.4. The number of esters is 2. The molecule has 4 aromatic carbocycles. The van der Waals surface area contributed by atoms with E-state index in [9.17, 15) is 29.1 Å². The summed E-state index contributed by atoms with van der Waals surface area (Å²) in [6.07, 6.45) is 2.51. The van der Waals surface area contributed by atoms with E-state index in [0.29, 0.717) is 16.7 Å². The van der Waals surface area contributed by atoms with Gasteiger partial charge in [0.15, 0.2) is 0 Å². The van der Waals surface area contributed by atoms with Gasteiger partial charge in [-0.25, -0.2) is 4.79 Å². The lowest BCUT2D eigenvalue weighted by atomic mass is 9.91. The average Bonchev–Trinajstić information content (AvgIpc) is 3.67. The van der Waals surface area contributed by atoms with Crippen molar-refractivity contribution in [2.75, 3.05) is 20.7 Å². The summed E-state index contributed by atoms with van der Waals surface area (Å²) < 4.78 is 25.2. The summed E-state index contributed by atoms with van der Waals surface area (Å²) in [7, 11) is 3.32. The number of likely N-dealkylation sites (N-methyl/N-ethyl adjacent to an activating group) is 1. The number of hydrogen-bond donors (Lipinski definition) is 3. The number of nitrogens with zero attached hydrogens (tertiary/aromatic N) is 1. The van der Waals surface area contributed by atoms with E-state index in [2.05, 4.69) is 10.6 Å². The molecule has 4 atom stereocenters. The van der Waals surface area contributed by atoms with Crippen LogP contribution in [0.2, 0.25) is 0 Å². The summed E-state index contributed by atoms with van der Waals surface area (Å²) in [6, 6.07) is 31.6. The predicted molar refractivity (Wildman–Crippen MR) is 231 cm³/mol. The lowest BCUT2D eigenvalue weighted by molar-refractivity contribution is -0.157. The first kappa shape index (κ1) is 45.1. The highest BCUT2D eigenvalue weighted by molar-refractivity contribution is 5.96. The number of aliphatic hydroxyl groups is 1. The maximum atomic E-state index is 14.0. The van der Waals surface area contributed by atoms with Gasteiger partial charge in [-0.2, -0.15) is 0 Å². The number of carbonyl (C=O) groups excluding carboxylic acids is 5. The molecule has 13 nitrogen and oxygen atoms in total. The van der Waals surface area contributed by atoms with Crippen molar-refractivity contribution in [2.45, 2.75) is 82.3 Å². The van der Waals surface area contributed by atoms with Crippen molar-refractivity contribution in [3.63, 3.8) is 0 Å². The van der Waals surface area contributed by atoms with Crippen LogP contribution in [-0.4, -0.2) is 90.3 Å². The van der Waals surface area contributed by atoms with Gasteiger partial charge in [-0.15, -0.1) is 0 Å². The first-order valence-electron chi connectivity index (χ1n) is 20.5. The molecule has 0 spiro atoms. The standard InChI is InChI=1S/C49H53N3O10/c1-48(2,3)61-43(55)26-24-39(31-53)51-46(57)35-14-12-13-33(27-35)30-50-45(56)36-28-40(59-47(58)34-22-19-32(20-23-34)21-25-42(54)52(4)5)44-41(29-36)60-49(62-44,37-15-8-6-9-16-37)38-17-10-7-11-18-38/h6-23,25,27,29,39-41,44,53H,24,26,28,30-31H2,1-5H3,(H,50,56)(H,51,57)/t39-,40+,41+,44-/m0/s1. The van der Waals surface area contributed by atoms with Crippen molar-refractivity contribution in [2.24, 2.45) is 0 Å². The third-order valence-corrected chi connectivity index (χ3v) is 10.3. The van der Waals surface area contributed by atoms with Crippen LogP contribution in [0, 0.1) is 0 Å². The van der Waals surface area contributed by atoms with Gasteiger partial charge in [-0.05, 0) is 74.7 Å². The summed E-state index contributed by atoms with van der Waals surface area (Å²) in [6.45, 7) is 5.00. The van der Waals surface area contributed by atoms with Crippen molar-refractivity contribution in [1.82, 2.24) is 15.5 Å². The molecule has 3 amide bonds. The molecule has 13 heteroatoms. The molecule has 1 aliphatic carbocycles. The van der Waals surface area contributed by atoms with Gasteiger partial charge in [0, 0.05) is 61.8 Å². The van der Waals surface area contributed by atoms with E-state index >= 15 is 0 Å². The minimum atomic E-state index is -1.38. The van der Waals surface area contributed by atoms with Crippen LogP contribution in [0.15, 0.2) is 127 Å². The Morgan fingerprint density at radius 3 is 2.13 bits per heavy atom. The van der Waals surface area contributed by atoms with E-state index in [1.54, 1.807) is 95.5 Å². The molecular formula is C49H53N3O10. The normalized spacial score (nSPS) is 18.5. The van der Waals surface area contributed by atoms with Crippen LogP contribution >= 0.6 is 0 Å². The van der Waals surface area contributed by atoms with E-state index < -0.39 is 59.5 Å². The van der Waals surface area contributed by atoms with Gasteiger partial charge in [0.1, 0.15) is 23.9 Å². The van der Waals surface area contributed by atoms with E-state index in [1.165, 1.54) is 11.0 Å². The molecule has 1 fully saturated rings. The quantitative estimate of drug-likeness (QED) is 0.0974. The van der Waals surface area contributed by atoms with Crippen LogP contribution in [0.4, 0.5) is 0 Å². The Kier molecular flexibility index (Phi) is 14.5. The van der Waals surface area contributed by atoms with Crippen molar-refractivity contribution < 1.29 is 48.0 Å². The Morgan fingerprint density at radius 2 is 1.52 bits per heavy atom. The van der Waals surface area contributed by atoms with Crippen LogP contribution < -0.4 is 10.6 Å². The van der Waals surface area contributed by atoms with Crippen LogP contribution in [0.5, 0.6) is 0 Å². The summed E-state index contributed by atoms with van der Waals surface area (Å²) >= 11 is 0. The average molecular weight is 844 g/mol. The van der Waals surface area contributed by atoms with E-state index in [4.69, 9.17) is 18.9 Å². The fourth-order valence-electron chi connectivity index (χ4n) is 7.13. The topological polar surface area (TPSA) is 170 Å². The zero-order valence-corrected chi connectivity index (χ0v) is 35.5. The maximum Gasteiger partial charge on any atom is 0.338 e. The number of aliphatic hydroxyl groups excluding tert-OH is 1. The third-order valence-electron chi connectivity index (χ3n) is 10.3. The Labute approximate surface area is 361 Å². The van der Waals surface area contributed by atoms with E-state index in [1.807, 2.05) is 60.7 Å². The van der Waals surface area contributed by atoms with Gasteiger partial charge in [-0.3, -0.25) is 19.2 Å². The Balaban J connectivity index is 1.19. The molecule has 0 bridgehead atoms. The fourth-order valence-corrected chi connectivity index (χ4v) is 7.13. The number of fused-ring (bicyclic) bond motifs is 1. The molecule has 2 aliphatic rings. The van der Waals surface area contributed by atoms with Crippen LogP contribution in [0.1, 0.15) is 83.0 Å². The van der Waals surface area contributed by atoms with Crippen molar-refractivity contribution in [3.8, 4) is 0 Å². The molecule has 0 unspecified atom stereocenters. The lowest BCUT2D eigenvalue weighted by Crippen LogP contribution is -2.43. The number of rotatable bonds is 15. The molecule has 6 rings (SSSR count). The molecule has 324 valence electrons. The molecule has 4 aromatic rings. The number of carbonyl (C=O) groups is 5. The SMILES string of the molecule is CN(C)C(=O)C=Cc1ccc(C(=O)O[C@@H]2CC(C(=O)NCc3cccc(C(=O)N[C@H](CO)CCC(=O)OC(C)(C)C)c3)=C[C@H]3OC(c4ccccc4)(c4ccccc4)O[C@H]32)cc1. The van der Waals surface area contributed by atoms with Gasteiger partial charge < -0.3 is 39.6 Å². The zero-order valence-electron chi connectivity index (χ0n) is 35.5. The summed E-state index contributed by atoms with van der Waals surface area (Å²) in [5.74, 6) is -3.48. The minimum absolute atomic E-state index is 0.0174. The third kappa shape index (κ3) is 11.5. The number of hydrogen-bond acceptors (Lipinski definition) is 10. The number of benzene rings is 4. The smallest absolute Gasteiger partial charge is 0.338 e. The van der Waals surface area contributed by atoms with Crippen molar-refractivity contribution >= 4 is 35.7 Å². The summed E-state index contributed by atoms with van der Waals surface area (Å²) in [4.78, 5) is 66.6. The molecule has 62 heavy (non-hydrogen) atoms. The molecule has 1 saturated heterocycles. The highest BCUT2D eigenvalue weighted by Crippen LogP contribution is 2.47. The molecular weight excluding hydrogens is 791 g/mol. The zero-order chi connectivity index (χ0) is 44.4. The monoisotopic (exact) mass is 843 g/mol. The van der Waals surface area contributed by atoms with E-state index in [-0.39, 0.29) is 43.9 Å². The highest BCUT2D eigenvalue weighted by Gasteiger charge is 2.55. The first-order valence-corrected chi connectivity index (χ1v) is 20.5. The van der Waals surface area contributed by atoms with Gasteiger partial charge in [0.2, 0.25) is 17.6 Å². The fraction of sp³-hybridized carbons (Fsp3) is 0.327. The van der Waals surface area contributed by atoms with Gasteiger partial charge >= 0.3 is 11.9 Å². The van der Waals surface area contributed by atoms with Gasteiger partial charge in [0.05, 0.1) is 18.2 Å². The van der Waals surface area contributed by atoms with Crippen LogP contribution in [-0.2, 0) is 45.7 Å². The van der Waals surface area contributed by atoms with Crippen molar-refractivity contribution in [1.29, 1.82) is 0 Å². The number of amides is 3. The molecule has 3 N–H and O–H groups in total. The molecule has 0 aromatic heterocycles. The summed E-state index contributed by atoms with van der Waals surface area (Å²) in [5, 5.41) is 15.6. The first-order chi connectivity index (χ1) is 29.6. The summed E-state index contributed by atoms with van der Waals surface area (Å²) in [5.41, 5.74) is 3.04. The van der Waals surface area contributed by atoms with Crippen molar-refractivity contribution in [3.05, 3.63) is 160 Å². The Morgan fingerprint density at radius 1 is 0.855 bits per heavy atom. The Bertz CT molecular complexity index is 2240. The van der Waals surface area contributed by atoms with Gasteiger partial charge in [0.25, 0.3) is 5.91 Å². The van der Waals surface area contributed by atoms with Crippen LogP contribution in [0.3, 0.4) is 0 Å². The molecule has 1 aliphatic heterocycles. The molecule has 1 heterocycles. The largest absolute Gasteiger partial charge is 0.460 e. The van der Waals surface area contributed by atoms with Crippen LogP contribution in [0.25, 0.3) is 6.08 Å². The van der Waals surface area contributed by atoms with E-state index in [0.717, 1.165) is 16.7 Å². The highest BCUT2D eigenvalue weighted by atomic mass is 16.8.